The lowest BCUT2D eigenvalue weighted by atomic mass is 10.2. The molecule has 1 rings (SSSR count). The molecule has 0 spiro atoms. The van der Waals surface area contributed by atoms with Crippen LogP contribution in [0.4, 0.5) is 5.69 Å². The molecule has 0 unspecified atom stereocenters. The lowest BCUT2D eigenvalue weighted by Gasteiger charge is -2.07. The third kappa shape index (κ3) is 9.93. The van der Waals surface area contributed by atoms with Gasteiger partial charge in [0.15, 0.2) is 0 Å². The van der Waals surface area contributed by atoms with Crippen LogP contribution in [-0.4, -0.2) is 35.8 Å². The number of hydrogen-bond donors (Lipinski definition) is 3. The largest absolute Gasteiger partial charge is 0.399 e. The third-order valence-electron chi connectivity index (χ3n) is 1.80. The summed E-state index contributed by atoms with van der Waals surface area (Å²) < 4.78 is 5.79. The minimum Gasteiger partial charge on any atom is -0.399 e. The van der Waals surface area contributed by atoms with Crippen LogP contribution in [0.15, 0.2) is 24.3 Å². The van der Waals surface area contributed by atoms with E-state index in [1.165, 1.54) is 7.05 Å². The Morgan fingerprint density at radius 1 is 1.40 bits per heavy atom. The molecule has 0 aliphatic carbocycles. The Kier molecular flexibility index (Phi) is 14.0. The molecule has 0 bridgehead atoms. The van der Waals surface area contributed by atoms with Crippen molar-refractivity contribution < 1.29 is 14.2 Å². The van der Waals surface area contributed by atoms with Gasteiger partial charge in [0.25, 0.3) is 5.91 Å². The number of hydroxylamine groups is 1. The van der Waals surface area contributed by atoms with Gasteiger partial charge in [-0.15, -0.1) is 4.47 Å². The maximum Gasteiger partial charge on any atom is 0.251 e. The van der Waals surface area contributed by atoms with E-state index in [9.17, 15) is 4.79 Å². The van der Waals surface area contributed by atoms with Crippen LogP contribution >= 0.6 is 25.7 Å². The average molecular weight is 321 g/mol. The van der Waals surface area contributed by atoms with E-state index in [1.54, 1.807) is 24.3 Å². The maximum atomic E-state index is 11.6. The number of nitrogen functional groups attached to an aromatic ring is 1. The van der Waals surface area contributed by atoms with Crippen molar-refractivity contribution >= 4 is 37.3 Å². The summed E-state index contributed by atoms with van der Waals surface area (Å²) in [6.07, 6.45) is 0. The highest BCUT2D eigenvalue weighted by molar-refractivity contribution is 7.92. The second kappa shape index (κ2) is 13.1. The number of rotatable bonds is 6. The van der Waals surface area contributed by atoms with Crippen molar-refractivity contribution in [3.63, 3.8) is 0 Å². The Morgan fingerprint density at radius 3 is 2.45 bits per heavy atom. The molecule has 0 aliphatic rings. The summed E-state index contributed by atoms with van der Waals surface area (Å²) in [4.78, 5) is 11.6. The van der Waals surface area contributed by atoms with E-state index >= 15 is 0 Å². The molecule has 6 nitrogen and oxygen atoms in total. The number of carbonyl (C=O) groups excluding carboxylic acids is 1. The van der Waals surface area contributed by atoms with Gasteiger partial charge in [0.05, 0.1) is 6.61 Å². The summed E-state index contributed by atoms with van der Waals surface area (Å²) in [6, 6.07) is 6.65. The summed E-state index contributed by atoms with van der Waals surface area (Å²) in [5.74, 6) is -0.184. The quantitative estimate of drug-likeness (QED) is 0.244. The van der Waals surface area contributed by atoms with Crippen LogP contribution in [0.3, 0.4) is 0 Å². The van der Waals surface area contributed by atoms with Crippen LogP contribution in [0.2, 0.25) is 0 Å². The molecule has 1 aromatic carbocycles. The third-order valence-corrected chi connectivity index (χ3v) is 2.29. The molecule has 1 amide bonds. The molecule has 0 fully saturated rings. The van der Waals surface area contributed by atoms with Crippen LogP contribution in [0, 0.1) is 0 Å². The lowest BCUT2D eigenvalue weighted by Crippen LogP contribution is -2.26. The molecule has 116 valence electrons. The maximum absolute atomic E-state index is 11.6. The Labute approximate surface area is 131 Å². The van der Waals surface area contributed by atoms with Crippen LogP contribution in [-0.2, 0) is 4.18 Å². The Morgan fingerprint density at radius 2 is 1.95 bits per heavy atom. The number of benzene rings is 1. The number of amides is 1. The van der Waals surface area contributed by atoms with Gasteiger partial charge >= 0.3 is 0 Å². The minimum absolute atomic E-state index is 0. The molecular weight excluding hydrogens is 298 g/mol. The average Bonchev–Trinajstić information content (AvgIpc) is 2.41. The van der Waals surface area contributed by atoms with Gasteiger partial charge in [0.2, 0.25) is 0 Å². The van der Waals surface area contributed by atoms with Gasteiger partial charge in [-0.2, -0.15) is 13.5 Å². The van der Waals surface area contributed by atoms with Gasteiger partial charge in [-0.25, -0.2) is 0 Å². The molecule has 0 atom stereocenters. The summed E-state index contributed by atoms with van der Waals surface area (Å²) >= 11 is 0.802. The number of carbonyl (C=O) groups is 1. The molecule has 0 saturated heterocycles. The molecule has 0 radical (unpaired) electrons. The number of anilines is 1. The van der Waals surface area contributed by atoms with Gasteiger partial charge in [-0.05, 0) is 24.3 Å². The number of nitrogens with two attached hydrogens (primary N) is 1. The molecule has 4 N–H and O–H groups in total. The zero-order chi connectivity index (χ0) is 14.7. The second-order valence-corrected chi connectivity index (χ2v) is 4.15. The normalized spacial score (nSPS) is 9.25. The molecule has 8 heteroatoms. The van der Waals surface area contributed by atoms with Gasteiger partial charge < -0.3 is 16.3 Å². The standard InChI is InChI=1S/C10H15N3O3S.C2H6.H2S/c1-13(15)17-16-7-6-12-10(14)8-2-4-9(11)5-3-8;1-2;/h2-5,15H,6-7,11H2,1H3,(H,12,14);1-2H3;1H2. The monoisotopic (exact) mass is 321 g/mol. The SMILES string of the molecule is CC.CN(O)SOCCNC(=O)c1ccc(N)cc1.S. The zero-order valence-electron chi connectivity index (χ0n) is 11.9. The zero-order valence-corrected chi connectivity index (χ0v) is 13.7. The number of hydrogen-bond acceptors (Lipinski definition) is 6. The van der Waals surface area contributed by atoms with E-state index in [0.717, 1.165) is 16.7 Å². The molecule has 20 heavy (non-hydrogen) atoms. The van der Waals surface area contributed by atoms with Crippen molar-refractivity contribution in [2.24, 2.45) is 0 Å². The summed E-state index contributed by atoms with van der Waals surface area (Å²) in [6.45, 7) is 4.67. The van der Waals surface area contributed by atoms with Gasteiger partial charge in [-0.3, -0.25) is 8.98 Å². The first-order valence-electron chi connectivity index (χ1n) is 5.95. The predicted octanol–water partition coefficient (Wildman–Crippen LogP) is 2.04. The second-order valence-electron chi connectivity index (χ2n) is 3.24. The topological polar surface area (TPSA) is 87.8 Å². The van der Waals surface area contributed by atoms with E-state index in [-0.39, 0.29) is 19.4 Å². The molecule has 0 saturated carbocycles. The molecular formula is C12H23N3O3S2. The first kappa shape index (κ1) is 21.4. The van der Waals surface area contributed by atoms with Crippen molar-refractivity contribution in [1.29, 1.82) is 0 Å². The van der Waals surface area contributed by atoms with Crippen LogP contribution < -0.4 is 11.1 Å². The summed E-state index contributed by atoms with van der Waals surface area (Å²) in [7, 11) is 1.44. The van der Waals surface area contributed by atoms with Crippen molar-refractivity contribution in [1.82, 2.24) is 9.79 Å². The number of nitrogens with one attached hydrogen (secondary N) is 1. The molecule has 1 aromatic rings. The molecule has 0 aliphatic heterocycles. The fourth-order valence-corrected chi connectivity index (χ4v) is 1.37. The highest BCUT2D eigenvalue weighted by atomic mass is 32.2. The first-order chi connectivity index (χ1) is 9.09. The van der Waals surface area contributed by atoms with Crippen molar-refractivity contribution in [3.05, 3.63) is 29.8 Å². The first-order valence-corrected chi connectivity index (χ1v) is 6.65. The predicted molar refractivity (Wildman–Crippen MR) is 88.0 cm³/mol. The van der Waals surface area contributed by atoms with Crippen LogP contribution in [0.25, 0.3) is 0 Å². The van der Waals surface area contributed by atoms with E-state index in [0.29, 0.717) is 24.4 Å². The Bertz CT molecular complexity index is 361. The van der Waals surface area contributed by atoms with Crippen LogP contribution in [0.1, 0.15) is 24.2 Å². The van der Waals surface area contributed by atoms with E-state index in [2.05, 4.69) is 5.32 Å². The smallest absolute Gasteiger partial charge is 0.251 e. The summed E-state index contributed by atoms with van der Waals surface area (Å²) in [5.41, 5.74) is 6.68. The lowest BCUT2D eigenvalue weighted by molar-refractivity contribution is 0.0351. The van der Waals surface area contributed by atoms with Gasteiger partial charge in [-0.1, -0.05) is 13.8 Å². The van der Waals surface area contributed by atoms with Crippen molar-refractivity contribution in [2.75, 3.05) is 25.9 Å². The Balaban J connectivity index is 0. The van der Waals surface area contributed by atoms with Crippen LogP contribution in [0.5, 0.6) is 0 Å². The molecule has 0 aromatic heterocycles. The van der Waals surface area contributed by atoms with E-state index in [4.69, 9.17) is 15.1 Å². The van der Waals surface area contributed by atoms with Gasteiger partial charge in [0.1, 0.15) is 12.2 Å². The van der Waals surface area contributed by atoms with E-state index < -0.39 is 0 Å². The minimum atomic E-state index is -0.184. The van der Waals surface area contributed by atoms with Crippen molar-refractivity contribution in [3.8, 4) is 0 Å². The van der Waals surface area contributed by atoms with Crippen molar-refractivity contribution in [2.45, 2.75) is 13.8 Å². The highest BCUT2D eigenvalue weighted by Crippen LogP contribution is 2.05. The Hall–Kier alpha value is -0.930. The summed E-state index contributed by atoms with van der Waals surface area (Å²) in [5, 5.41) is 11.4. The molecule has 0 heterocycles. The number of nitrogens with zero attached hydrogens (tertiary/aromatic N) is 1. The fourth-order valence-electron chi connectivity index (χ4n) is 1.06. The van der Waals surface area contributed by atoms with E-state index in [1.807, 2.05) is 13.8 Å². The van der Waals surface area contributed by atoms with Gasteiger partial charge in [0, 0.05) is 24.8 Å². The highest BCUT2D eigenvalue weighted by Gasteiger charge is 2.03. The fraction of sp³-hybridized carbons (Fsp3) is 0.417.